The molecule has 2 heterocycles. The number of benzene rings is 2. The summed E-state index contributed by atoms with van der Waals surface area (Å²) in [5.41, 5.74) is 2.27. The molecule has 0 saturated carbocycles. The van der Waals surface area contributed by atoms with E-state index in [4.69, 9.17) is 4.42 Å². The van der Waals surface area contributed by atoms with Crippen molar-refractivity contribution in [2.75, 3.05) is 0 Å². The largest absolute Gasteiger partial charge is 0.454 e. The van der Waals surface area contributed by atoms with Gasteiger partial charge in [0.15, 0.2) is 5.58 Å². The first-order chi connectivity index (χ1) is 9.33. The zero-order chi connectivity index (χ0) is 12.8. The minimum atomic E-state index is -0.506. The summed E-state index contributed by atoms with van der Waals surface area (Å²) >= 11 is 0. The van der Waals surface area contributed by atoms with Gasteiger partial charge < -0.3 is 4.42 Å². The van der Waals surface area contributed by atoms with Crippen molar-refractivity contribution in [3.05, 3.63) is 60.7 Å². The Hall–Kier alpha value is -2.62. The van der Waals surface area contributed by atoms with Crippen LogP contribution in [-0.2, 0) is 0 Å². The van der Waals surface area contributed by atoms with E-state index in [9.17, 15) is 4.39 Å². The molecule has 0 aliphatic heterocycles. The second-order valence-electron chi connectivity index (χ2n) is 4.34. The molecular formula is C15H9FN2O. The van der Waals surface area contributed by atoms with Crippen LogP contribution in [0, 0.1) is 5.95 Å². The Morgan fingerprint density at radius 2 is 1.79 bits per heavy atom. The van der Waals surface area contributed by atoms with Crippen molar-refractivity contribution in [3.8, 4) is 5.69 Å². The molecule has 4 aromatic rings. The Labute approximate surface area is 107 Å². The third kappa shape index (κ3) is 1.46. The number of nitrogens with zero attached hydrogens (tertiary/aromatic N) is 2. The molecule has 92 valence electrons. The van der Waals surface area contributed by atoms with E-state index >= 15 is 0 Å². The predicted octanol–water partition coefficient (Wildman–Crippen LogP) is 3.91. The van der Waals surface area contributed by atoms with Crippen LogP contribution in [-0.4, -0.2) is 9.78 Å². The molecule has 0 aliphatic rings. The van der Waals surface area contributed by atoms with Crippen molar-refractivity contribution in [2.24, 2.45) is 0 Å². The minimum absolute atomic E-state index is 0.506. The maximum Gasteiger partial charge on any atom is 0.233 e. The van der Waals surface area contributed by atoms with E-state index in [0.29, 0.717) is 5.58 Å². The van der Waals surface area contributed by atoms with Crippen LogP contribution in [0.15, 0.2) is 59.1 Å². The van der Waals surface area contributed by atoms with Gasteiger partial charge in [0.1, 0.15) is 11.3 Å². The van der Waals surface area contributed by atoms with Gasteiger partial charge in [0.25, 0.3) is 0 Å². The molecule has 0 amide bonds. The molecule has 0 N–H and O–H groups in total. The van der Waals surface area contributed by atoms with Crippen LogP contribution >= 0.6 is 0 Å². The minimum Gasteiger partial charge on any atom is -0.454 e. The Balaban J connectivity index is 2.12. The number of hydrogen-bond donors (Lipinski definition) is 0. The van der Waals surface area contributed by atoms with Gasteiger partial charge in [-0.15, -0.1) is 5.10 Å². The van der Waals surface area contributed by atoms with Gasteiger partial charge in [-0.05, 0) is 12.1 Å². The van der Waals surface area contributed by atoms with Gasteiger partial charge in [-0.3, -0.25) is 0 Å². The molecule has 19 heavy (non-hydrogen) atoms. The standard InChI is InChI=1S/C15H9FN2O/c16-14-8-9-18(17-14)12-6-3-5-11-10-4-1-2-7-13(10)19-15(11)12/h1-9H. The lowest BCUT2D eigenvalue weighted by molar-refractivity contribution is 0.565. The van der Waals surface area contributed by atoms with Crippen molar-refractivity contribution in [1.82, 2.24) is 9.78 Å². The fraction of sp³-hybridized carbons (Fsp3) is 0. The Bertz CT molecular complexity index is 891. The molecule has 4 heteroatoms. The number of hydrogen-bond acceptors (Lipinski definition) is 2. The Morgan fingerprint density at radius 1 is 0.947 bits per heavy atom. The Kier molecular flexibility index (Phi) is 2.00. The first kappa shape index (κ1) is 10.3. The average molecular weight is 252 g/mol. The number of para-hydroxylation sites is 2. The van der Waals surface area contributed by atoms with Crippen LogP contribution in [0.4, 0.5) is 4.39 Å². The van der Waals surface area contributed by atoms with Crippen LogP contribution in [0.5, 0.6) is 0 Å². The normalized spacial score (nSPS) is 11.4. The highest BCUT2D eigenvalue weighted by molar-refractivity contribution is 6.07. The van der Waals surface area contributed by atoms with Crippen LogP contribution in [0.2, 0.25) is 0 Å². The molecule has 2 aromatic heterocycles. The Morgan fingerprint density at radius 3 is 2.63 bits per heavy atom. The number of fused-ring (bicyclic) bond motifs is 3. The smallest absolute Gasteiger partial charge is 0.233 e. The summed E-state index contributed by atoms with van der Waals surface area (Å²) in [6.07, 6.45) is 1.58. The molecule has 0 bridgehead atoms. The van der Waals surface area contributed by atoms with Crippen LogP contribution < -0.4 is 0 Å². The highest BCUT2D eigenvalue weighted by atomic mass is 19.1. The quantitative estimate of drug-likeness (QED) is 0.514. The monoisotopic (exact) mass is 252 g/mol. The SMILES string of the molecule is Fc1ccn(-c2cccc3c2oc2ccccc23)n1. The molecule has 3 nitrogen and oxygen atoms in total. The average Bonchev–Trinajstić information content (AvgIpc) is 3.02. The van der Waals surface area contributed by atoms with Crippen LogP contribution in [0.3, 0.4) is 0 Å². The van der Waals surface area contributed by atoms with E-state index in [1.165, 1.54) is 10.7 Å². The molecule has 0 saturated heterocycles. The fourth-order valence-electron chi connectivity index (χ4n) is 2.35. The molecule has 0 radical (unpaired) electrons. The van der Waals surface area contributed by atoms with Gasteiger partial charge in [0, 0.05) is 23.0 Å². The third-order valence-corrected chi connectivity index (χ3v) is 3.19. The molecule has 0 aliphatic carbocycles. The summed E-state index contributed by atoms with van der Waals surface area (Å²) in [4.78, 5) is 0. The van der Waals surface area contributed by atoms with E-state index in [2.05, 4.69) is 5.10 Å². The second-order valence-corrected chi connectivity index (χ2v) is 4.34. The van der Waals surface area contributed by atoms with Crippen molar-refractivity contribution >= 4 is 21.9 Å². The molecule has 2 aromatic carbocycles. The maximum absolute atomic E-state index is 13.1. The van der Waals surface area contributed by atoms with E-state index < -0.39 is 5.95 Å². The molecule has 0 atom stereocenters. The molecular weight excluding hydrogens is 243 g/mol. The zero-order valence-electron chi connectivity index (χ0n) is 9.88. The van der Waals surface area contributed by atoms with E-state index in [0.717, 1.165) is 22.0 Å². The number of rotatable bonds is 1. The van der Waals surface area contributed by atoms with Gasteiger partial charge in [-0.25, -0.2) is 4.68 Å². The number of halogens is 1. The molecule has 4 rings (SSSR count). The second kappa shape index (κ2) is 3.68. The van der Waals surface area contributed by atoms with Gasteiger partial charge in [-0.1, -0.05) is 30.3 Å². The lowest BCUT2D eigenvalue weighted by Gasteiger charge is -2.00. The maximum atomic E-state index is 13.1. The van der Waals surface area contributed by atoms with Crippen molar-refractivity contribution in [3.63, 3.8) is 0 Å². The van der Waals surface area contributed by atoms with Crippen molar-refractivity contribution in [2.45, 2.75) is 0 Å². The molecule has 0 fully saturated rings. The van der Waals surface area contributed by atoms with Crippen LogP contribution in [0.1, 0.15) is 0 Å². The predicted molar refractivity (Wildman–Crippen MR) is 70.8 cm³/mol. The number of furan rings is 1. The van der Waals surface area contributed by atoms with Gasteiger partial charge in [0.2, 0.25) is 5.95 Å². The van der Waals surface area contributed by atoms with Gasteiger partial charge in [-0.2, -0.15) is 4.39 Å². The van der Waals surface area contributed by atoms with Gasteiger partial charge in [0.05, 0.1) is 0 Å². The first-order valence-corrected chi connectivity index (χ1v) is 5.95. The van der Waals surface area contributed by atoms with Gasteiger partial charge >= 0.3 is 0 Å². The summed E-state index contributed by atoms with van der Waals surface area (Å²) in [5, 5.41) is 5.84. The summed E-state index contributed by atoms with van der Waals surface area (Å²) in [6.45, 7) is 0. The molecule has 0 unspecified atom stereocenters. The number of aromatic nitrogens is 2. The topological polar surface area (TPSA) is 31.0 Å². The van der Waals surface area contributed by atoms with E-state index in [1.54, 1.807) is 6.20 Å². The third-order valence-electron chi connectivity index (χ3n) is 3.19. The van der Waals surface area contributed by atoms with E-state index in [1.807, 2.05) is 42.5 Å². The highest BCUT2D eigenvalue weighted by Crippen LogP contribution is 2.32. The van der Waals surface area contributed by atoms with Crippen LogP contribution in [0.25, 0.3) is 27.6 Å². The zero-order valence-corrected chi connectivity index (χ0v) is 9.88. The summed E-state index contributed by atoms with van der Waals surface area (Å²) < 4.78 is 20.4. The van der Waals surface area contributed by atoms with Crippen molar-refractivity contribution < 1.29 is 8.81 Å². The first-order valence-electron chi connectivity index (χ1n) is 5.95. The lowest BCUT2D eigenvalue weighted by Crippen LogP contribution is -1.95. The highest BCUT2D eigenvalue weighted by Gasteiger charge is 2.12. The molecule has 0 spiro atoms. The van der Waals surface area contributed by atoms with Crippen molar-refractivity contribution in [1.29, 1.82) is 0 Å². The summed E-state index contributed by atoms with van der Waals surface area (Å²) in [7, 11) is 0. The summed E-state index contributed by atoms with van der Waals surface area (Å²) in [6, 6.07) is 14.9. The van der Waals surface area contributed by atoms with E-state index in [-0.39, 0.29) is 0 Å². The fourth-order valence-corrected chi connectivity index (χ4v) is 2.35. The lowest BCUT2D eigenvalue weighted by atomic mass is 10.1. The summed E-state index contributed by atoms with van der Waals surface area (Å²) in [5.74, 6) is -0.506.